The number of imidazole rings is 1. The van der Waals surface area contributed by atoms with Crippen molar-refractivity contribution in [1.29, 1.82) is 0 Å². The lowest BCUT2D eigenvalue weighted by molar-refractivity contribution is 0.102. The second kappa shape index (κ2) is 5.42. The zero-order chi connectivity index (χ0) is 13.0. The molecule has 2 heterocycles. The van der Waals surface area contributed by atoms with E-state index in [-0.39, 0.29) is 5.91 Å². The molecule has 0 aliphatic rings. The highest BCUT2D eigenvalue weighted by Crippen LogP contribution is 2.07. The number of aromatic nitrogens is 3. The summed E-state index contributed by atoms with van der Waals surface area (Å²) < 4.78 is 1.78. The molecule has 18 heavy (non-hydrogen) atoms. The molecular weight excluding hydrogens is 230 g/mol. The van der Waals surface area contributed by atoms with Crippen LogP contribution in [-0.2, 0) is 6.54 Å². The number of aryl methyl sites for hydroxylation is 1. The van der Waals surface area contributed by atoms with Crippen LogP contribution in [-0.4, -0.2) is 27.0 Å². The molecule has 94 valence electrons. The maximum Gasteiger partial charge on any atom is 0.276 e. The van der Waals surface area contributed by atoms with Gasteiger partial charge in [-0.2, -0.15) is 0 Å². The molecule has 0 atom stereocenters. The molecule has 0 radical (unpaired) electrons. The van der Waals surface area contributed by atoms with Crippen LogP contribution >= 0.6 is 0 Å². The van der Waals surface area contributed by atoms with E-state index in [0.717, 1.165) is 5.56 Å². The zero-order valence-corrected chi connectivity index (χ0v) is 10.1. The summed E-state index contributed by atoms with van der Waals surface area (Å²) in [5, 5.41) is 2.70. The van der Waals surface area contributed by atoms with Gasteiger partial charge < -0.3 is 15.6 Å². The second-order valence-corrected chi connectivity index (χ2v) is 3.96. The van der Waals surface area contributed by atoms with Crippen molar-refractivity contribution in [3.63, 3.8) is 0 Å². The van der Waals surface area contributed by atoms with Crippen molar-refractivity contribution in [3.8, 4) is 0 Å². The predicted octanol–water partition coefficient (Wildman–Crippen LogP) is 0.798. The van der Waals surface area contributed by atoms with Gasteiger partial charge >= 0.3 is 0 Å². The molecule has 0 aromatic carbocycles. The molecule has 0 spiro atoms. The Hall–Kier alpha value is -2.21. The molecule has 0 unspecified atom stereocenters. The molecule has 0 saturated heterocycles. The molecule has 0 saturated carbocycles. The lowest BCUT2D eigenvalue weighted by Crippen LogP contribution is -2.13. The molecule has 1 amide bonds. The van der Waals surface area contributed by atoms with Crippen LogP contribution in [0.5, 0.6) is 0 Å². The molecule has 2 rings (SSSR count). The topological polar surface area (TPSA) is 85.8 Å². The number of pyridine rings is 1. The first-order chi connectivity index (χ1) is 8.69. The van der Waals surface area contributed by atoms with E-state index in [1.54, 1.807) is 29.4 Å². The van der Waals surface area contributed by atoms with Crippen molar-refractivity contribution in [2.24, 2.45) is 5.73 Å². The van der Waals surface area contributed by atoms with Crippen LogP contribution < -0.4 is 11.1 Å². The van der Waals surface area contributed by atoms with Gasteiger partial charge in [-0.15, -0.1) is 0 Å². The van der Waals surface area contributed by atoms with Crippen molar-refractivity contribution in [2.45, 2.75) is 13.5 Å². The van der Waals surface area contributed by atoms with E-state index >= 15 is 0 Å². The average molecular weight is 245 g/mol. The first-order valence-corrected chi connectivity index (χ1v) is 5.65. The fourth-order valence-electron chi connectivity index (χ4n) is 1.53. The van der Waals surface area contributed by atoms with E-state index in [2.05, 4.69) is 15.3 Å². The maximum absolute atomic E-state index is 11.9. The summed E-state index contributed by atoms with van der Waals surface area (Å²) in [5.74, 6) is 0.247. The molecule has 6 heteroatoms. The fourth-order valence-corrected chi connectivity index (χ4v) is 1.53. The van der Waals surface area contributed by atoms with Crippen LogP contribution in [0.4, 0.5) is 5.82 Å². The minimum Gasteiger partial charge on any atom is -0.335 e. The molecule has 2 aromatic heterocycles. The number of rotatable bonds is 4. The van der Waals surface area contributed by atoms with Gasteiger partial charge in [-0.3, -0.25) is 4.79 Å². The van der Waals surface area contributed by atoms with Gasteiger partial charge in [0.1, 0.15) is 11.5 Å². The molecule has 0 aliphatic heterocycles. The van der Waals surface area contributed by atoms with Crippen LogP contribution in [0.3, 0.4) is 0 Å². The van der Waals surface area contributed by atoms with E-state index in [4.69, 9.17) is 5.73 Å². The summed E-state index contributed by atoms with van der Waals surface area (Å²) >= 11 is 0. The number of anilines is 1. The summed E-state index contributed by atoms with van der Waals surface area (Å²) in [5.41, 5.74) is 6.82. The summed E-state index contributed by atoms with van der Waals surface area (Å²) in [7, 11) is 0. The highest BCUT2D eigenvalue weighted by molar-refractivity contribution is 6.02. The number of nitrogens with two attached hydrogens (primary N) is 1. The Balaban J connectivity index is 2.07. The van der Waals surface area contributed by atoms with Crippen molar-refractivity contribution in [3.05, 3.63) is 42.1 Å². The Morgan fingerprint density at radius 2 is 2.33 bits per heavy atom. The lowest BCUT2D eigenvalue weighted by atomic mass is 10.3. The van der Waals surface area contributed by atoms with Gasteiger partial charge in [0, 0.05) is 25.5 Å². The minimum absolute atomic E-state index is 0.274. The average Bonchev–Trinajstić information content (AvgIpc) is 2.78. The Labute approximate surface area is 105 Å². The number of nitrogens with zero attached hydrogens (tertiary/aromatic N) is 3. The van der Waals surface area contributed by atoms with Crippen LogP contribution in [0.25, 0.3) is 0 Å². The van der Waals surface area contributed by atoms with E-state index in [0.29, 0.717) is 24.6 Å². The highest BCUT2D eigenvalue weighted by Gasteiger charge is 2.10. The van der Waals surface area contributed by atoms with Crippen molar-refractivity contribution in [1.82, 2.24) is 14.5 Å². The number of carbonyl (C=O) groups is 1. The number of carbonyl (C=O) groups excluding carboxylic acids is 1. The molecule has 2 aromatic rings. The van der Waals surface area contributed by atoms with Crippen molar-refractivity contribution < 1.29 is 4.79 Å². The summed E-state index contributed by atoms with van der Waals surface area (Å²) in [6.07, 6.45) is 4.90. The van der Waals surface area contributed by atoms with E-state index in [1.165, 1.54) is 0 Å². The molecule has 0 aliphatic carbocycles. The zero-order valence-electron chi connectivity index (χ0n) is 10.1. The lowest BCUT2D eigenvalue weighted by Gasteiger charge is -2.02. The third-order valence-electron chi connectivity index (χ3n) is 2.41. The highest BCUT2D eigenvalue weighted by atomic mass is 16.2. The third kappa shape index (κ3) is 2.92. The first kappa shape index (κ1) is 12.3. The van der Waals surface area contributed by atoms with Gasteiger partial charge in [0.25, 0.3) is 5.91 Å². The van der Waals surface area contributed by atoms with Crippen LogP contribution in [0.2, 0.25) is 0 Å². The van der Waals surface area contributed by atoms with Gasteiger partial charge in [-0.25, -0.2) is 9.97 Å². The number of hydrogen-bond acceptors (Lipinski definition) is 4. The standard InChI is InChI=1S/C12H15N5O/c1-9-2-4-14-11(6-9)16-12(18)10-7-17(5-3-13)8-15-10/h2,4,6-8H,3,5,13H2,1H3,(H,14,16,18). The van der Waals surface area contributed by atoms with Crippen LogP contribution in [0.1, 0.15) is 16.1 Å². The summed E-state index contributed by atoms with van der Waals surface area (Å²) in [6.45, 7) is 3.09. The number of amides is 1. The normalized spacial score (nSPS) is 10.3. The maximum atomic E-state index is 11.9. The SMILES string of the molecule is Cc1ccnc(NC(=O)c2cn(CCN)cn2)c1. The minimum atomic E-state index is -0.274. The quantitative estimate of drug-likeness (QED) is 0.834. The van der Waals surface area contributed by atoms with Gasteiger partial charge in [0.15, 0.2) is 0 Å². The second-order valence-electron chi connectivity index (χ2n) is 3.96. The molecule has 0 fully saturated rings. The third-order valence-corrected chi connectivity index (χ3v) is 2.41. The fraction of sp³-hybridized carbons (Fsp3) is 0.250. The van der Waals surface area contributed by atoms with Crippen molar-refractivity contribution in [2.75, 3.05) is 11.9 Å². The monoisotopic (exact) mass is 245 g/mol. The first-order valence-electron chi connectivity index (χ1n) is 5.65. The van der Waals surface area contributed by atoms with Gasteiger partial charge in [-0.1, -0.05) is 0 Å². The van der Waals surface area contributed by atoms with Crippen molar-refractivity contribution >= 4 is 11.7 Å². The summed E-state index contributed by atoms with van der Waals surface area (Å²) in [6, 6.07) is 3.67. The van der Waals surface area contributed by atoms with Crippen LogP contribution in [0, 0.1) is 6.92 Å². The number of nitrogens with one attached hydrogen (secondary N) is 1. The Morgan fingerprint density at radius 3 is 3.06 bits per heavy atom. The van der Waals surface area contributed by atoms with E-state index in [9.17, 15) is 4.79 Å². The summed E-state index contributed by atoms with van der Waals surface area (Å²) in [4.78, 5) is 20.0. The van der Waals surface area contributed by atoms with Crippen LogP contribution in [0.15, 0.2) is 30.9 Å². The smallest absolute Gasteiger partial charge is 0.276 e. The Morgan fingerprint density at radius 1 is 1.50 bits per heavy atom. The van der Waals surface area contributed by atoms with Gasteiger partial charge in [0.2, 0.25) is 0 Å². The van der Waals surface area contributed by atoms with Gasteiger partial charge in [0.05, 0.1) is 6.33 Å². The predicted molar refractivity (Wildman–Crippen MR) is 68.2 cm³/mol. The van der Waals surface area contributed by atoms with Gasteiger partial charge in [-0.05, 0) is 24.6 Å². The van der Waals surface area contributed by atoms with E-state index in [1.807, 2.05) is 13.0 Å². The Bertz CT molecular complexity index is 549. The molecular formula is C12H15N5O. The molecule has 6 nitrogen and oxygen atoms in total. The Kier molecular flexibility index (Phi) is 3.69. The number of hydrogen-bond donors (Lipinski definition) is 2. The molecule has 0 bridgehead atoms. The van der Waals surface area contributed by atoms with E-state index < -0.39 is 0 Å². The largest absolute Gasteiger partial charge is 0.335 e. The molecule has 3 N–H and O–H groups in total.